The number of nitrogens with one attached hydrogen (secondary N) is 2. The van der Waals surface area contributed by atoms with E-state index in [2.05, 4.69) is 10.6 Å². The molecule has 0 aliphatic carbocycles. The van der Waals surface area contributed by atoms with Crippen molar-refractivity contribution in [3.63, 3.8) is 0 Å². The average molecular weight is 430 g/mol. The normalized spacial score (nSPS) is 10.8. The highest BCUT2D eigenvalue weighted by molar-refractivity contribution is 5.99. The zero-order valence-electron chi connectivity index (χ0n) is 18.9. The first-order chi connectivity index (χ1) is 14.7. The first-order valence-electron chi connectivity index (χ1n) is 10.2. The lowest BCUT2D eigenvalue weighted by molar-refractivity contribution is 0.0946. The number of carbonyl (C=O) groups excluding carboxylic acids is 2. The summed E-state index contributed by atoms with van der Waals surface area (Å²) in [5.74, 6) is 0.331. The minimum atomic E-state index is -0.594. The topological polar surface area (TPSA) is 98.7 Å². The maximum atomic E-state index is 12.9. The van der Waals surface area contributed by atoms with Gasteiger partial charge in [0.2, 0.25) is 5.43 Å². The van der Waals surface area contributed by atoms with E-state index in [9.17, 15) is 14.4 Å². The van der Waals surface area contributed by atoms with Crippen molar-refractivity contribution in [2.45, 2.75) is 40.3 Å². The lowest BCUT2D eigenvalue weighted by atomic mass is 10.1. The molecule has 1 aromatic heterocycles. The van der Waals surface area contributed by atoms with Crippen LogP contribution in [0.15, 0.2) is 35.4 Å². The van der Waals surface area contributed by atoms with E-state index < -0.39 is 17.2 Å². The van der Waals surface area contributed by atoms with Gasteiger partial charge in [0.25, 0.3) is 11.8 Å². The molecule has 0 atom stereocenters. The number of hydrogen-bond donors (Lipinski definition) is 2. The van der Waals surface area contributed by atoms with E-state index in [1.54, 1.807) is 29.9 Å². The van der Waals surface area contributed by atoms with Gasteiger partial charge >= 0.3 is 0 Å². The standard InChI is InChI=1S/C23H31N3O5/c1-14(2)10-24-22(28)17-12-26(15(3)4)13-18(21(17)27)23(29)25-11-16-7-8-19(30-5)20(9-16)31-6/h7-9,12-15H,10-11H2,1-6H3,(H,24,28)(H,25,29). The van der Waals surface area contributed by atoms with Crippen LogP contribution < -0.4 is 25.5 Å². The predicted octanol–water partition coefficient (Wildman–Crippen LogP) is 2.76. The highest BCUT2D eigenvalue weighted by Gasteiger charge is 2.20. The summed E-state index contributed by atoms with van der Waals surface area (Å²) in [6.45, 7) is 8.37. The molecule has 0 saturated carbocycles. The number of rotatable bonds is 9. The number of ether oxygens (including phenoxy) is 2. The summed E-state index contributed by atoms with van der Waals surface area (Å²) in [5.41, 5.74) is 0.0588. The lowest BCUT2D eigenvalue weighted by Crippen LogP contribution is -2.36. The first-order valence-corrected chi connectivity index (χ1v) is 10.2. The summed E-state index contributed by atoms with van der Waals surface area (Å²) in [4.78, 5) is 38.3. The summed E-state index contributed by atoms with van der Waals surface area (Å²) >= 11 is 0. The highest BCUT2D eigenvalue weighted by atomic mass is 16.5. The van der Waals surface area contributed by atoms with Crippen LogP contribution in [-0.4, -0.2) is 37.1 Å². The van der Waals surface area contributed by atoms with Crippen LogP contribution in [-0.2, 0) is 6.54 Å². The largest absolute Gasteiger partial charge is 0.493 e. The minimum Gasteiger partial charge on any atom is -0.493 e. The van der Waals surface area contributed by atoms with Crippen LogP contribution in [0.2, 0.25) is 0 Å². The van der Waals surface area contributed by atoms with E-state index in [1.807, 2.05) is 27.7 Å². The molecule has 0 aliphatic heterocycles. The number of amides is 2. The molecule has 1 aromatic carbocycles. The molecule has 1 heterocycles. The number of methoxy groups -OCH3 is 2. The van der Waals surface area contributed by atoms with E-state index in [0.717, 1.165) is 5.56 Å². The van der Waals surface area contributed by atoms with Crippen molar-refractivity contribution >= 4 is 11.8 Å². The fourth-order valence-corrected chi connectivity index (χ4v) is 2.88. The van der Waals surface area contributed by atoms with E-state index in [0.29, 0.717) is 18.0 Å². The molecule has 0 radical (unpaired) electrons. The number of benzene rings is 1. The summed E-state index contributed by atoms with van der Waals surface area (Å²) < 4.78 is 12.2. The van der Waals surface area contributed by atoms with Crippen LogP contribution >= 0.6 is 0 Å². The number of hydrogen-bond acceptors (Lipinski definition) is 5. The Balaban J connectivity index is 2.28. The molecule has 0 saturated heterocycles. The summed E-state index contributed by atoms with van der Waals surface area (Å²) in [7, 11) is 3.08. The molecule has 168 valence electrons. The van der Waals surface area contributed by atoms with Gasteiger partial charge in [-0.1, -0.05) is 19.9 Å². The molecule has 0 bridgehead atoms. The van der Waals surface area contributed by atoms with Gasteiger partial charge in [0, 0.05) is 31.5 Å². The molecule has 31 heavy (non-hydrogen) atoms. The van der Waals surface area contributed by atoms with Crippen LogP contribution in [0.1, 0.15) is 60.0 Å². The Morgan fingerprint density at radius 2 is 1.52 bits per heavy atom. The molecule has 2 rings (SSSR count). The van der Waals surface area contributed by atoms with Gasteiger partial charge in [-0.25, -0.2) is 0 Å². The van der Waals surface area contributed by atoms with Crippen LogP contribution in [0.4, 0.5) is 0 Å². The van der Waals surface area contributed by atoms with E-state index in [1.165, 1.54) is 19.5 Å². The summed E-state index contributed by atoms with van der Waals surface area (Å²) in [6, 6.07) is 5.26. The third-order valence-corrected chi connectivity index (χ3v) is 4.70. The van der Waals surface area contributed by atoms with Crippen molar-refractivity contribution in [3.8, 4) is 11.5 Å². The van der Waals surface area contributed by atoms with Crippen molar-refractivity contribution in [1.29, 1.82) is 0 Å². The van der Waals surface area contributed by atoms with E-state index >= 15 is 0 Å². The van der Waals surface area contributed by atoms with Crippen molar-refractivity contribution in [2.75, 3.05) is 20.8 Å². The zero-order chi connectivity index (χ0) is 23.1. The van der Waals surface area contributed by atoms with Gasteiger partial charge < -0.3 is 24.7 Å². The molecule has 0 unspecified atom stereocenters. The van der Waals surface area contributed by atoms with Gasteiger partial charge in [-0.15, -0.1) is 0 Å². The maximum Gasteiger partial charge on any atom is 0.257 e. The minimum absolute atomic E-state index is 0.0327. The molecule has 2 aromatic rings. The second-order valence-electron chi connectivity index (χ2n) is 7.93. The Kier molecular flexibility index (Phi) is 8.24. The third kappa shape index (κ3) is 6.10. The second kappa shape index (κ2) is 10.7. The number of aromatic nitrogens is 1. The SMILES string of the molecule is COc1ccc(CNC(=O)c2cn(C(C)C)cc(C(=O)NCC(C)C)c2=O)cc1OC. The molecule has 0 aliphatic rings. The van der Waals surface area contributed by atoms with Gasteiger partial charge in [-0.05, 0) is 37.5 Å². The zero-order valence-corrected chi connectivity index (χ0v) is 18.9. The fraction of sp³-hybridized carbons (Fsp3) is 0.435. The Bertz CT molecular complexity index is 995. The lowest BCUT2D eigenvalue weighted by Gasteiger charge is -2.16. The van der Waals surface area contributed by atoms with Crippen LogP contribution in [0.25, 0.3) is 0 Å². The van der Waals surface area contributed by atoms with Gasteiger partial charge in [-0.3, -0.25) is 14.4 Å². The van der Waals surface area contributed by atoms with Crippen molar-refractivity contribution in [3.05, 3.63) is 57.5 Å². The van der Waals surface area contributed by atoms with Crippen LogP contribution in [0, 0.1) is 5.92 Å². The summed E-state index contributed by atoms with van der Waals surface area (Å²) in [5, 5.41) is 5.49. The molecule has 2 amide bonds. The smallest absolute Gasteiger partial charge is 0.257 e. The average Bonchev–Trinajstić information content (AvgIpc) is 2.75. The fourth-order valence-electron chi connectivity index (χ4n) is 2.88. The Morgan fingerprint density at radius 3 is 2.03 bits per heavy atom. The van der Waals surface area contributed by atoms with Gasteiger partial charge in [0.15, 0.2) is 11.5 Å². The van der Waals surface area contributed by atoms with Crippen molar-refractivity contribution in [2.24, 2.45) is 5.92 Å². The number of pyridine rings is 1. The van der Waals surface area contributed by atoms with Crippen molar-refractivity contribution in [1.82, 2.24) is 15.2 Å². The Labute approximate surface area is 182 Å². The predicted molar refractivity (Wildman–Crippen MR) is 119 cm³/mol. The van der Waals surface area contributed by atoms with Gasteiger partial charge in [-0.2, -0.15) is 0 Å². The highest BCUT2D eigenvalue weighted by Crippen LogP contribution is 2.27. The Hall–Kier alpha value is -3.29. The summed E-state index contributed by atoms with van der Waals surface area (Å²) in [6.07, 6.45) is 2.98. The first kappa shape index (κ1) is 24.0. The van der Waals surface area contributed by atoms with Crippen LogP contribution in [0.3, 0.4) is 0 Å². The molecule has 0 fully saturated rings. The molecule has 2 N–H and O–H groups in total. The van der Waals surface area contributed by atoms with E-state index in [-0.39, 0.29) is 29.6 Å². The molecular formula is C23H31N3O5. The van der Waals surface area contributed by atoms with Crippen LogP contribution in [0.5, 0.6) is 11.5 Å². The Morgan fingerprint density at radius 1 is 0.935 bits per heavy atom. The maximum absolute atomic E-state index is 12.9. The quantitative estimate of drug-likeness (QED) is 0.639. The third-order valence-electron chi connectivity index (χ3n) is 4.70. The molecular weight excluding hydrogens is 398 g/mol. The number of nitrogens with zero attached hydrogens (tertiary/aromatic N) is 1. The number of carbonyl (C=O) groups is 2. The van der Waals surface area contributed by atoms with Gasteiger partial charge in [0.05, 0.1) is 14.2 Å². The van der Waals surface area contributed by atoms with Gasteiger partial charge in [0.1, 0.15) is 11.1 Å². The van der Waals surface area contributed by atoms with Crippen molar-refractivity contribution < 1.29 is 19.1 Å². The second-order valence-corrected chi connectivity index (χ2v) is 7.93. The molecule has 8 heteroatoms. The van der Waals surface area contributed by atoms with E-state index in [4.69, 9.17) is 9.47 Å². The molecule has 0 spiro atoms. The molecule has 8 nitrogen and oxygen atoms in total. The monoisotopic (exact) mass is 429 g/mol.